The highest BCUT2D eigenvalue weighted by Crippen LogP contribution is 2.33. The fourth-order valence-corrected chi connectivity index (χ4v) is 4.79. The van der Waals surface area contributed by atoms with E-state index in [9.17, 15) is 4.79 Å². The van der Waals surface area contributed by atoms with Crippen molar-refractivity contribution in [2.24, 2.45) is 0 Å². The Labute approximate surface area is 169 Å². The van der Waals surface area contributed by atoms with Crippen LogP contribution in [0.4, 0.5) is 5.82 Å². The Morgan fingerprint density at radius 2 is 1.79 bits per heavy atom. The lowest BCUT2D eigenvalue weighted by Crippen LogP contribution is -2.35. The van der Waals surface area contributed by atoms with E-state index in [1.54, 1.807) is 11.3 Å². The molecule has 0 atom stereocenters. The number of piperidine rings is 1. The summed E-state index contributed by atoms with van der Waals surface area (Å²) >= 11 is 1.71. The molecule has 1 N–H and O–H groups in total. The third-order valence-corrected chi connectivity index (χ3v) is 6.55. The van der Waals surface area contributed by atoms with Crippen LogP contribution in [-0.2, 0) is 6.54 Å². The lowest BCUT2D eigenvalue weighted by atomic mass is 10.1. The van der Waals surface area contributed by atoms with Gasteiger partial charge in [0.2, 0.25) is 0 Å². The van der Waals surface area contributed by atoms with E-state index < -0.39 is 0 Å². The molecular weight excluding hydrogens is 368 g/mol. The van der Waals surface area contributed by atoms with Crippen molar-refractivity contribution in [3.8, 4) is 0 Å². The van der Waals surface area contributed by atoms with Gasteiger partial charge in [-0.15, -0.1) is 11.3 Å². The Balaban J connectivity index is 1.48. The van der Waals surface area contributed by atoms with E-state index in [1.165, 1.54) is 16.9 Å². The van der Waals surface area contributed by atoms with Crippen LogP contribution in [0.25, 0.3) is 10.2 Å². The monoisotopic (exact) mass is 394 g/mol. The molecule has 0 aliphatic carbocycles. The summed E-state index contributed by atoms with van der Waals surface area (Å²) in [5, 5.41) is 4.59. The van der Waals surface area contributed by atoms with Gasteiger partial charge in [0.05, 0.1) is 5.39 Å². The molecule has 4 rings (SSSR count). The normalized spacial score (nSPS) is 14.5. The van der Waals surface area contributed by atoms with Crippen molar-refractivity contribution in [2.45, 2.75) is 46.6 Å². The lowest BCUT2D eigenvalue weighted by Gasteiger charge is -2.26. The maximum Gasteiger partial charge on any atom is 0.253 e. The molecule has 3 aromatic rings. The molecule has 1 saturated heterocycles. The molecule has 3 heterocycles. The number of carbonyl (C=O) groups excluding carboxylic acids is 1. The molecule has 0 spiro atoms. The Morgan fingerprint density at radius 1 is 1.07 bits per heavy atom. The van der Waals surface area contributed by atoms with Gasteiger partial charge in [0.15, 0.2) is 0 Å². The number of thiophene rings is 1. The van der Waals surface area contributed by atoms with Crippen LogP contribution < -0.4 is 5.32 Å². The molecule has 1 amide bonds. The highest BCUT2D eigenvalue weighted by molar-refractivity contribution is 7.18. The molecule has 6 heteroatoms. The van der Waals surface area contributed by atoms with E-state index in [2.05, 4.69) is 29.1 Å². The Bertz CT molecular complexity index is 1000. The van der Waals surface area contributed by atoms with Crippen LogP contribution in [-0.4, -0.2) is 33.9 Å². The number of fused-ring (bicyclic) bond motifs is 1. The zero-order chi connectivity index (χ0) is 19.7. The van der Waals surface area contributed by atoms with E-state index in [4.69, 9.17) is 0 Å². The third-order valence-electron chi connectivity index (χ3n) is 5.44. The minimum absolute atomic E-state index is 0.150. The van der Waals surface area contributed by atoms with E-state index in [0.29, 0.717) is 6.54 Å². The molecule has 146 valence electrons. The fraction of sp³-hybridized carbons (Fsp3) is 0.409. The van der Waals surface area contributed by atoms with Gasteiger partial charge in [0.1, 0.15) is 16.5 Å². The van der Waals surface area contributed by atoms with Crippen molar-refractivity contribution < 1.29 is 4.79 Å². The van der Waals surface area contributed by atoms with Gasteiger partial charge >= 0.3 is 0 Å². The van der Waals surface area contributed by atoms with Gasteiger partial charge in [-0.2, -0.15) is 0 Å². The number of hydrogen-bond acceptors (Lipinski definition) is 5. The van der Waals surface area contributed by atoms with Crippen LogP contribution in [0.15, 0.2) is 24.3 Å². The summed E-state index contributed by atoms with van der Waals surface area (Å²) < 4.78 is 0. The lowest BCUT2D eigenvalue weighted by molar-refractivity contribution is 0.0724. The molecule has 5 nitrogen and oxygen atoms in total. The number of rotatable bonds is 4. The summed E-state index contributed by atoms with van der Waals surface area (Å²) in [6, 6.07) is 7.94. The number of hydrogen-bond donors (Lipinski definition) is 1. The summed E-state index contributed by atoms with van der Waals surface area (Å²) in [5.41, 5.74) is 3.14. The first-order valence-electron chi connectivity index (χ1n) is 9.89. The van der Waals surface area contributed by atoms with Gasteiger partial charge in [0.25, 0.3) is 5.91 Å². The second-order valence-electron chi connectivity index (χ2n) is 7.49. The number of nitrogens with zero attached hydrogens (tertiary/aromatic N) is 3. The van der Waals surface area contributed by atoms with Gasteiger partial charge in [-0.25, -0.2) is 9.97 Å². The zero-order valence-corrected chi connectivity index (χ0v) is 17.5. The van der Waals surface area contributed by atoms with Crippen molar-refractivity contribution in [2.75, 3.05) is 18.4 Å². The quantitative estimate of drug-likeness (QED) is 0.687. The molecule has 2 aromatic heterocycles. The van der Waals surface area contributed by atoms with E-state index in [1.807, 2.05) is 36.1 Å². The van der Waals surface area contributed by atoms with E-state index in [-0.39, 0.29) is 5.91 Å². The highest BCUT2D eigenvalue weighted by atomic mass is 32.1. The number of benzene rings is 1. The maximum atomic E-state index is 12.6. The molecular formula is C22H26N4OS. The minimum atomic E-state index is 0.150. The maximum absolute atomic E-state index is 12.6. The number of amides is 1. The first-order chi connectivity index (χ1) is 13.5. The van der Waals surface area contributed by atoms with Crippen LogP contribution in [0.3, 0.4) is 0 Å². The van der Waals surface area contributed by atoms with E-state index in [0.717, 1.165) is 58.9 Å². The molecule has 1 aromatic carbocycles. The first-order valence-corrected chi connectivity index (χ1v) is 10.7. The number of carbonyl (C=O) groups is 1. The van der Waals surface area contributed by atoms with Crippen LogP contribution in [0.5, 0.6) is 0 Å². The molecule has 1 fully saturated rings. The van der Waals surface area contributed by atoms with Crippen LogP contribution in [0.2, 0.25) is 0 Å². The molecule has 0 bridgehead atoms. The van der Waals surface area contributed by atoms with Gasteiger partial charge < -0.3 is 10.2 Å². The summed E-state index contributed by atoms with van der Waals surface area (Å²) in [6.45, 7) is 8.60. The molecule has 0 saturated carbocycles. The van der Waals surface area contributed by atoms with Gasteiger partial charge in [-0.05, 0) is 63.3 Å². The number of aryl methyl sites for hydroxylation is 3. The predicted molar refractivity (Wildman–Crippen MR) is 115 cm³/mol. The van der Waals surface area contributed by atoms with Crippen LogP contribution in [0, 0.1) is 20.8 Å². The molecule has 0 radical (unpaired) electrons. The number of aromatic nitrogens is 2. The smallest absolute Gasteiger partial charge is 0.253 e. The fourth-order valence-electron chi connectivity index (χ4n) is 3.71. The second-order valence-corrected chi connectivity index (χ2v) is 8.69. The summed E-state index contributed by atoms with van der Waals surface area (Å²) in [5.74, 6) is 1.81. The second kappa shape index (κ2) is 7.87. The minimum Gasteiger partial charge on any atom is -0.365 e. The average molecular weight is 395 g/mol. The number of anilines is 1. The highest BCUT2D eigenvalue weighted by Gasteiger charge is 2.18. The van der Waals surface area contributed by atoms with Gasteiger partial charge in [-0.3, -0.25) is 4.79 Å². The van der Waals surface area contributed by atoms with Crippen LogP contribution >= 0.6 is 11.3 Å². The zero-order valence-electron chi connectivity index (χ0n) is 16.7. The summed E-state index contributed by atoms with van der Waals surface area (Å²) in [6.07, 6.45) is 3.46. The van der Waals surface area contributed by atoms with Crippen molar-refractivity contribution in [1.29, 1.82) is 0 Å². The van der Waals surface area contributed by atoms with Crippen molar-refractivity contribution in [3.63, 3.8) is 0 Å². The van der Waals surface area contributed by atoms with E-state index >= 15 is 0 Å². The molecule has 1 aliphatic heterocycles. The Kier molecular flexibility index (Phi) is 5.31. The molecule has 1 aliphatic rings. The Morgan fingerprint density at radius 3 is 2.50 bits per heavy atom. The third kappa shape index (κ3) is 3.74. The standard InChI is InChI=1S/C22H26N4OS/c1-14-15(2)28-21-19(14)20(24-16(3)25-21)23-13-17-7-9-18(10-8-17)22(27)26-11-5-4-6-12-26/h7-10H,4-6,11-13H2,1-3H3,(H,23,24,25). The van der Waals surface area contributed by atoms with Gasteiger partial charge in [0, 0.05) is 30.1 Å². The topological polar surface area (TPSA) is 58.1 Å². The van der Waals surface area contributed by atoms with Crippen molar-refractivity contribution in [3.05, 3.63) is 51.7 Å². The molecule has 0 unspecified atom stereocenters. The van der Waals surface area contributed by atoms with Crippen LogP contribution in [0.1, 0.15) is 51.4 Å². The van der Waals surface area contributed by atoms with Crippen molar-refractivity contribution >= 4 is 33.3 Å². The summed E-state index contributed by atoms with van der Waals surface area (Å²) in [7, 11) is 0. The van der Waals surface area contributed by atoms with Crippen molar-refractivity contribution in [1.82, 2.24) is 14.9 Å². The SMILES string of the molecule is Cc1nc(NCc2ccc(C(=O)N3CCCCC3)cc2)c2c(C)c(C)sc2n1. The first kappa shape index (κ1) is 18.9. The van der Waals surface area contributed by atoms with Gasteiger partial charge in [-0.1, -0.05) is 12.1 Å². The summed E-state index contributed by atoms with van der Waals surface area (Å²) in [4.78, 5) is 26.1. The molecule has 28 heavy (non-hydrogen) atoms. The predicted octanol–water partition coefficient (Wildman–Crippen LogP) is 4.85. The number of nitrogens with one attached hydrogen (secondary N) is 1. The number of likely N-dealkylation sites (tertiary alicyclic amines) is 1. The Hall–Kier alpha value is -2.47. The largest absolute Gasteiger partial charge is 0.365 e. The average Bonchev–Trinajstić information content (AvgIpc) is 3.00.